The van der Waals surface area contributed by atoms with Crippen molar-refractivity contribution in [1.82, 2.24) is 4.90 Å². The number of rotatable bonds is 4. The van der Waals surface area contributed by atoms with Gasteiger partial charge in [0.15, 0.2) is 0 Å². The van der Waals surface area contributed by atoms with Crippen molar-refractivity contribution in [1.29, 1.82) is 0 Å². The Balaban J connectivity index is 1.78. The molecule has 2 heteroatoms. The maximum absolute atomic E-state index is 6.54. The van der Waals surface area contributed by atoms with Gasteiger partial charge in [0.05, 0.1) is 0 Å². The average molecular weight is 252 g/mol. The maximum Gasteiger partial charge on any atom is 0.0166 e. The lowest BCUT2D eigenvalue weighted by Crippen LogP contribution is -2.47. The fraction of sp³-hybridized carbons (Fsp3) is 1.00. The summed E-state index contributed by atoms with van der Waals surface area (Å²) < 4.78 is 0. The molecule has 2 atom stereocenters. The van der Waals surface area contributed by atoms with Crippen LogP contribution in [0, 0.1) is 5.92 Å². The fourth-order valence-corrected chi connectivity index (χ4v) is 4.02. The van der Waals surface area contributed by atoms with Gasteiger partial charge in [0.2, 0.25) is 0 Å². The van der Waals surface area contributed by atoms with Crippen LogP contribution >= 0.6 is 0 Å². The lowest BCUT2D eigenvalue weighted by molar-refractivity contribution is 0.123. The minimum absolute atomic E-state index is 0.157. The highest BCUT2D eigenvalue weighted by atomic mass is 15.1. The summed E-state index contributed by atoms with van der Waals surface area (Å²) in [7, 11) is 2.32. The maximum atomic E-state index is 6.54. The van der Waals surface area contributed by atoms with Crippen LogP contribution < -0.4 is 5.73 Å². The van der Waals surface area contributed by atoms with Crippen LogP contribution in [0.3, 0.4) is 0 Å². The predicted octanol–water partition coefficient (Wildman–Crippen LogP) is 3.55. The van der Waals surface area contributed by atoms with Crippen molar-refractivity contribution in [2.24, 2.45) is 11.7 Å². The molecular weight excluding hydrogens is 220 g/mol. The van der Waals surface area contributed by atoms with Crippen molar-refractivity contribution in [3.05, 3.63) is 0 Å². The molecule has 0 bridgehead atoms. The molecule has 0 aromatic carbocycles. The highest BCUT2D eigenvalue weighted by molar-refractivity contribution is 4.89. The minimum Gasteiger partial charge on any atom is -0.325 e. The van der Waals surface area contributed by atoms with Gasteiger partial charge in [0.25, 0.3) is 0 Å². The smallest absolute Gasteiger partial charge is 0.0166 e. The van der Waals surface area contributed by atoms with E-state index in [9.17, 15) is 0 Å². The Hall–Kier alpha value is -0.0800. The fourth-order valence-electron chi connectivity index (χ4n) is 4.02. The van der Waals surface area contributed by atoms with E-state index in [0.717, 1.165) is 12.0 Å². The molecule has 106 valence electrons. The third-order valence-corrected chi connectivity index (χ3v) is 5.44. The molecule has 2 fully saturated rings. The first-order chi connectivity index (χ1) is 8.61. The zero-order chi connectivity index (χ0) is 13.0. The molecule has 2 rings (SSSR count). The third kappa shape index (κ3) is 3.71. The molecule has 2 N–H and O–H groups in total. The molecule has 0 spiro atoms. The van der Waals surface area contributed by atoms with Crippen molar-refractivity contribution < 1.29 is 0 Å². The van der Waals surface area contributed by atoms with Crippen LogP contribution in [0.1, 0.15) is 71.1 Å². The van der Waals surface area contributed by atoms with Crippen LogP contribution in [-0.4, -0.2) is 30.1 Å². The number of hydrogen-bond acceptors (Lipinski definition) is 2. The van der Waals surface area contributed by atoms with Crippen LogP contribution in [0.5, 0.6) is 0 Å². The Morgan fingerprint density at radius 1 is 1.06 bits per heavy atom. The van der Waals surface area contributed by atoms with Gasteiger partial charge in [-0.3, -0.25) is 0 Å². The molecule has 0 saturated heterocycles. The van der Waals surface area contributed by atoms with Gasteiger partial charge in [-0.2, -0.15) is 0 Å². The summed E-state index contributed by atoms with van der Waals surface area (Å²) in [4.78, 5) is 2.60. The van der Waals surface area contributed by atoms with Crippen molar-refractivity contribution in [3.63, 3.8) is 0 Å². The van der Waals surface area contributed by atoms with E-state index in [1.54, 1.807) is 0 Å². The first kappa shape index (κ1) is 14.3. The van der Waals surface area contributed by atoms with E-state index in [0.29, 0.717) is 0 Å². The van der Waals surface area contributed by atoms with E-state index in [1.807, 2.05) is 0 Å². The second-order valence-electron chi connectivity index (χ2n) is 6.98. The van der Waals surface area contributed by atoms with Crippen LogP contribution in [0.4, 0.5) is 0 Å². The normalized spacial score (nSPS) is 32.7. The van der Waals surface area contributed by atoms with Gasteiger partial charge in [0, 0.05) is 11.6 Å². The molecule has 0 amide bonds. The Bertz CT molecular complexity index is 245. The lowest BCUT2D eigenvalue weighted by atomic mass is 9.79. The molecule has 2 saturated carbocycles. The van der Waals surface area contributed by atoms with Crippen LogP contribution in [0.15, 0.2) is 0 Å². The standard InChI is InChI=1S/C16H32N2/c1-14-8-4-5-9-15(14)18(2)13-12-16(17)10-6-3-7-11-16/h14-15H,3-13,17H2,1-2H3. The molecule has 0 heterocycles. The lowest BCUT2D eigenvalue weighted by Gasteiger charge is -2.39. The monoisotopic (exact) mass is 252 g/mol. The number of nitrogens with two attached hydrogens (primary N) is 1. The van der Waals surface area contributed by atoms with Crippen molar-refractivity contribution in [2.75, 3.05) is 13.6 Å². The molecule has 2 nitrogen and oxygen atoms in total. The van der Waals surface area contributed by atoms with Crippen molar-refractivity contribution in [2.45, 2.75) is 82.7 Å². The quantitative estimate of drug-likeness (QED) is 0.829. The number of hydrogen-bond donors (Lipinski definition) is 1. The Morgan fingerprint density at radius 2 is 1.72 bits per heavy atom. The third-order valence-electron chi connectivity index (χ3n) is 5.44. The van der Waals surface area contributed by atoms with Crippen molar-refractivity contribution in [3.8, 4) is 0 Å². The molecule has 0 radical (unpaired) electrons. The molecule has 2 aliphatic carbocycles. The largest absolute Gasteiger partial charge is 0.325 e. The summed E-state index contributed by atoms with van der Waals surface area (Å²) in [5.74, 6) is 0.879. The molecule has 0 aliphatic heterocycles. The summed E-state index contributed by atoms with van der Waals surface area (Å²) in [6, 6.07) is 0.811. The summed E-state index contributed by atoms with van der Waals surface area (Å²) in [6.07, 6.45) is 13.5. The number of nitrogens with zero attached hydrogens (tertiary/aromatic N) is 1. The topological polar surface area (TPSA) is 29.3 Å². The van der Waals surface area contributed by atoms with E-state index < -0.39 is 0 Å². The first-order valence-corrected chi connectivity index (χ1v) is 8.10. The van der Waals surface area contributed by atoms with E-state index in [1.165, 1.54) is 70.8 Å². The van der Waals surface area contributed by atoms with Gasteiger partial charge in [-0.15, -0.1) is 0 Å². The Kier molecular flexibility index (Phi) is 5.08. The van der Waals surface area contributed by atoms with E-state index in [4.69, 9.17) is 5.73 Å². The second-order valence-corrected chi connectivity index (χ2v) is 6.98. The molecule has 0 aromatic heterocycles. The highest BCUT2D eigenvalue weighted by Crippen LogP contribution is 2.31. The highest BCUT2D eigenvalue weighted by Gasteiger charge is 2.30. The Morgan fingerprint density at radius 3 is 2.39 bits per heavy atom. The van der Waals surface area contributed by atoms with Crippen LogP contribution in [-0.2, 0) is 0 Å². The summed E-state index contributed by atoms with van der Waals surface area (Å²) in [6.45, 7) is 3.63. The van der Waals surface area contributed by atoms with Gasteiger partial charge in [0.1, 0.15) is 0 Å². The molecule has 18 heavy (non-hydrogen) atoms. The van der Waals surface area contributed by atoms with E-state index in [2.05, 4.69) is 18.9 Å². The van der Waals surface area contributed by atoms with Gasteiger partial charge >= 0.3 is 0 Å². The molecular formula is C16H32N2. The van der Waals surface area contributed by atoms with Crippen LogP contribution in [0.25, 0.3) is 0 Å². The van der Waals surface area contributed by atoms with Gasteiger partial charge in [-0.1, -0.05) is 39.0 Å². The summed E-state index contributed by atoms with van der Waals surface area (Å²) in [5, 5.41) is 0. The van der Waals surface area contributed by atoms with E-state index in [-0.39, 0.29) is 5.54 Å². The predicted molar refractivity (Wildman–Crippen MR) is 78.7 cm³/mol. The summed E-state index contributed by atoms with van der Waals surface area (Å²) >= 11 is 0. The van der Waals surface area contributed by atoms with Crippen molar-refractivity contribution >= 4 is 0 Å². The SMILES string of the molecule is CC1CCCCC1N(C)CCC1(N)CCCCC1. The summed E-state index contributed by atoms with van der Waals surface area (Å²) in [5.41, 5.74) is 6.70. The molecule has 2 unspecified atom stereocenters. The molecule has 2 aliphatic rings. The Labute approximate surface area is 113 Å². The van der Waals surface area contributed by atoms with Crippen LogP contribution in [0.2, 0.25) is 0 Å². The second kappa shape index (κ2) is 6.38. The zero-order valence-electron chi connectivity index (χ0n) is 12.5. The average Bonchev–Trinajstić information content (AvgIpc) is 2.38. The minimum atomic E-state index is 0.157. The van der Waals surface area contributed by atoms with Gasteiger partial charge in [-0.25, -0.2) is 0 Å². The molecule has 0 aromatic rings. The van der Waals surface area contributed by atoms with Gasteiger partial charge < -0.3 is 10.6 Å². The van der Waals surface area contributed by atoms with E-state index >= 15 is 0 Å². The van der Waals surface area contributed by atoms with Gasteiger partial charge in [-0.05, 0) is 51.6 Å². The first-order valence-electron chi connectivity index (χ1n) is 8.10. The zero-order valence-corrected chi connectivity index (χ0v) is 12.5.